The molecule has 4 nitrogen and oxygen atoms in total. The number of anilines is 2. The second kappa shape index (κ2) is 5.81. The van der Waals surface area contributed by atoms with Gasteiger partial charge < -0.3 is 10.2 Å². The molecule has 0 unspecified atom stereocenters. The number of carbonyl (C=O) groups excluding carboxylic acids is 1. The van der Waals surface area contributed by atoms with Gasteiger partial charge in [0, 0.05) is 19.0 Å². The fourth-order valence-electron chi connectivity index (χ4n) is 2.80. The zero-order valence-corrected chi connectivity index (χ0v) is 12.1. The van der Waals surface area contributed by atoms with Gasteiger partial charge in [-0.3, -0.25) is 4.79 Å². The van der Waals surface area contributed by atoms with Gasteiger partial charge in [-0.05, 0) is 43.7 Å². The first-order valence-corrected chi connectivity index (χ1v) is 7.74. The maximum Gasteiger partial charge on any atom is 0.227 e. The first-order chi connectivity index (χ1) is 9.72. The Morgan fingerprint density at radius 3 is 2.55 bits per heavy atom. The molecule has 108 valence electrons. The Labute approximate surface area is 120 Å². The third kappa shape index (κ3) is 2.94. The summed E-state index contributed by atoms with van der Waals surface area (Å²) in [5.41, 5.74) is 0.816. The summed E-state index contributed by atoms with van der Waals surface area (Å²) >= 11 is 0. The van der Waals surface area contributed by atoms with E-state index in [1.54, 1.807) is 6.20 Å². The molecular weight excluding hydrogens is 250 g/mol. The number of hydrogen-bond donors (Lipinski definition) is 1. The number of nitrogens with zero attached hydrogens (tertiary/aromatic N) is 2. The summed E-state index contributed by atoms with van der Waals surface area (Å²) in [6, 6.07) is 3.99. The average Bonchev–Trinajstić information content (AvgIpc) is 2.38. The van der Waals surface area contributed by atoms with Crippen molar-refractivity contribution in [1.82, 2.24) is 4.98 Å². The number of rotatable bonds is 3. The molecule has 1 amide bonds. The number of hydrogen-bond acceptors (Lipinski definition) is 3. The van der Waals surface area contributed by atoms with E-state index in [4.69, 9.17) is 0 Å². The van der Waals surface area contributed by atoms with E-state index >= 15 is 0 Å². The second-order valence-electron chi connectivity index (χ2n) is 6.19. The standard InChI is InChI=1S/C16H23N3O/c1-12-7-9-19(10-8-12)15-6-5-14(11-17-15)18-16(20)13-3-2-4-13/h5-6,11-13H,2-4,7-10H2,1H3,(H,18,20). The van der Waals surface area contributed by atoms with Crippen LogP contribution >= 0.6 is 0 Å². The molecule has 2 fully saturated rings. The highest BCUT2D eigenvalue weighted by molar-refractivity contribution is 5.92. The smallest absolute Gasteiger partial charge is 0.227 e. The van der Waals surface area contributed by atoms with E-state index in [9.17, 15) is 4.79 Å². The molecule has 0 aromatic carbocycles. The Balaban J connectivity index is 1.58. The molecule has 2 heterocycles. The molecule has 20 heavy (non-hydrogen) atoms. The van der Waals surface area contributed by atoms with Gasteiger partial charge in [0.25, 0.3) is 0 Å². The molecule has 0 spiro atoms. The molecule has 1 saturated heterocycles. The Bertz CT molecular complexity index is 459. The molecule has 1 saturated carbocycles. The van der Waals surface area contributed by atoms with Crippen LogP contribution in [0, 0.1) is 11.8 Å². The minimum atomic E-state index is 0.151. The molecule has 0 radical (unpaired) electrons. The van der Waals surface area contributed by atoms with Crippen molar-refractivity contribution < 1.29 is 4.79 Å². The lowest BCUT2D eigenvalue weighted by Gasteiger charge is -2.31. The molecular formula is C16H23N3O. The van der Waals surface area contributed by atoms with Gasteiger partial charge in [0.2, 0.25) is 5.91 Å². The van der Waals surface area contributed by atoms with E-state index < -0.39 is 0 Å². The average molecular weight is 273 g/mol. The maximum atomic E-state index is 11.9. The summed E-state index contributed by atoms with van der Waals surface area (Å²) in [5.74, 6) is 2.22. The summed E-state index contributed by atoms with van der Waals surface area (Å²) in [7, 11) is 0. The van der Waals surface area contributed by atoms with Crippen LogP contribution in [0.2, 0.25) is 0 Å². The van der Waals surface area contributed by atoms with Gasteiger partial charge in [-0.25, -0.2) is 4.98 Å². The van der Waals surface area contributed by atoms with Crippen molar-refractivity contribution in [2.24, 2.45) is 11.8 Å². The summed E-state index contributed by atoms with van der Waals surface area (Å²) in [6.45, 7) is 4.48. The minimum Gasteiger partial charge on any atom is -0.357 e. The highest BCUT2D eigenvalue weighted by Gasteiger charge is 2.25. The van der Waals surface area contributed by atoms with Crippen molar-refractivity contribution in [3.05, 3.63) is 18.3 Å². The van der Waals surface area contributed by atoms with Crippen LogP contribution in [-0.2, 0) is 4.79 Å². The topological polar surface area (TPSA) is 45.2 Å². The van der Waals surface area contributed by atoms with Gasteiger partial charge in [0.05, 0.1) is 11.9 Å². The molecule has 3 rings (SSSR count). The summed E-state index contributed by atoms with van der Waals surface area (Å²) in [4.78, 5) is 18.7. The van der Waals surface area contributed by atoms with E-state index in [-0.39, 0.29) is 11.8 Å². The number of pyridine rings is 1. The molecule has 0 bridgehead atoms. The molecule has 2 aliphatic rings. The fraction of sp³-hybridized carbons (Fsp3) is 0.625. The minimum absolute atomic E-state index is 0.151. The SMILES string of the molecule is CC1CCN(c2ccc(NC(=O)C3CCC3)cn2)CC1. The maximum absolute atomic E-state index is 11.9. The van der Waals surface area contributed by atoms with E-state index in [2.05, 4.69) is 22.1 Å². The summed E-state index contributed by atoms with van der Waals surface area (Å²) in [5, 5.41) is 2.96. The molecule has 1 aliphatic carbocycles. The van der Waals surface area contributed by atoms with Crippen LogP contribution in [0.5, 0.6) is 0 Å². The molecule has 1 aromatic rings. The van der Waals surface area contributed by atoms with Crippen molar-refractivity contribution in [2.75, 3.05) is 23.3 Å². The number of aromatic nitrogens is 1. The zero-order chi connectivity index (χ0) is 13.9. The third-order valence-corrected chi connectivity index (χ3v) is 4.60. The van der Waals surface area contributed by atoms with Crippen LogP contribution in [0.15, 0.2) is 18.3 Å². The van der Waals surface area contributed by atoms with Gasteiger partial charge in [-0.2, -0.15) is 0 Å². The monoisotopic (exact) mass is 273 g/mol. The first kappa shape index (κ1) is 13.4. The highest BCUT2D eigenvalue weighted by atomic mass is 16.1. The van der Waals surface area contributed by atoms with Crippen molar-refractivity contribution in [2.45, 2.75) is 39.0 Å². The van der Waals surface area contributed by atoms with E-state index in [1.165, 1.54) is 19.3 Å². The highest BCUT2D eigenvalue weighted by Crippen LogP contribution is 2.28. The summed E-state index contributed by atoms with van der Waals surface area (Å²) < 4.78 is 0. The van der Waals surface area contributed by atoms with Crippen LogP contribution in [0.1, 0.15) is 39.0 Å². The van der Waals surface area contributed by atoms with Gasteiger partial charge in [0.15, 0.2) is 0 Å². The first-order valence-electron chi connectivity index (χ1n) is 7.74. The predicted octanol–water partition coefficient (Wildman–Crippen LogP) is 3.06. The quantitative estimate of drug-likeness (QED) is 0.920. The van der Waals surface area contributed by atoms with E-state index in [0.29, 0.717) is 0 Å². The Morgan fingerprint density at radius 2 is 2.00 bits per heavy atom. The van der Waals surface area contributed by atoms with Crippen molar-refractivity contribution in [3.63, 3.8) is 0 Å². The number of amides is 1. The van der Waals surface area contributed by atoms with Gasteiger partial charge >= 0.3 is 0 Å². The lowest BCUT2D eigenvalue weighted by molar-refractivity contribution is -0.122. The lowest BCUT2D eigenvalue weighted by atomic mass is 9.85. The molecule has 0 atom stereocenters. The van der Waals surface area contributed by atoms with E-state index in [1.807, 2.05) is 12.1 Å². The normalized spacial score (nSPS) is 20.6. The van der Waals surface area contributed by atoms with Gasteiger partial charge in [-0.1, -0.05) is 13.3 Å². The number of piperidine rings is 1. The molecule has 1 aromatic heterocycles. The predicted molar refractivity (Wildman–Crippen MR) is 80.8 cm³/mol. The Morgan fingerprint density at radius 1 is 1.25 bits per heavy atom. The van der Waals surface area contributed by atoms with Crippen LogP contribution in [0.25, 0.3) is 0 Å². The summed E-state index contributed by atoms with van der Waals surface area (Å²) in [6.07, 6.45) is 7.50. The Kier molecular flexibility index (Phi) is 3.90. The van der Waals surface area contributed by atoms with Crippen molar-refractivity contribution in [3.8, 4) is 0 Å². The van der Waals surface area contributed by atoms with Gasteiger partial charge in [0.1, 0.15) is 5.82 Å². The van der Waals surface area contributed by atoms with Crippen LogP contribution in [-0.4, -0.2) is 24.0 Å². The van der Waals surface area contributed by atoms with E-state index in [0.717, 1.165) is 43.4 Å². The Hall–Kier alpha value is -1.58. The third-order valence-electron chi connectivity index (χ3n) is 4.60. The molecule has 1 aliphatic heterocycles. The fourth-order valence-corrected chi connectivity index (χ4v) is 2.80. The van der Waals surface area contributed by atoms with Gasteiger partial charge in [-0.15, -0.1) is 0 Å². The molecule has 4 heteroatoms. The van der Waals surface area contributed by atoms with Crippen molar-refractivity contribution >= 4 is 17.4 Å². The number of carbonyl (C=O) groups is 1. The molecule has 1 N–H and O–H groups in total. The second-order valence-corrected chi connectivity index (χ2v) is 6.19. The zero-order valence-electron chi connectivity index (χ0n) is 12.1. The van der Waals surface area contributed by atoms with Crippen molar-refractivity contribution in [1.29, 1.82) is 0 Å². The lowest BCUT2D eigenvalue weighted by Crippen LogP contribution is -2.33. The van der Waals surface area contributed by atoms with Crippen LogP contribution in [0.3, 0.4) is 0 Å². The van der Waals surface area contributed by atoms with Crippen LogP contribution in [0.4, 0.5) is 11.5 Å². The van der Waals surface area contributed by atoms with Crippen LogP contribution < -0.4 is 10.2 Å². The number of nitrogens with one attached hydrogen (secondary N) is 1. The largest absolute Gasteiger partial charge is 0.357 e.